The predicted octanol–water partition coefficient (Wildman–Crippen LogP) is 0.255. The van der Waals surface area contributed by atoms with E-state index in [0.717, 1.165) is 24.3 Å². The molecule has 0 spiro atoms. The lowest BCUT2D eigenvalue weighted by Gasteiger charge is -2.08. The molecule has 0 aliphatic carbocycles. The first kappa shape index (κ1) is 12.8. The standard InChI is InChI=1S/C10H19NO3S/c12-4-1-6-15-7-3-11-10(13)9-2-5-14-8-9/h9,12H,1-8H2,(H,11,13). The molecule has 0 bridgehead atoms. The Hall–Kier alpha value is -0.260. The topological polar surface area (TPSA) is 58.6 Å². The summed E-state index contributed by atoms with van der Waals surface area (Å²) in [6.45, 7) is 2.25. The van der Waals surface area contributed by atoms with Crippen LogP contribution in [0.2, 0.25) is 0 Å². The molecule has 4 nitrogen and oxygen atoms in total. The third kappa shape index (κ3) is 5.39. The second kappa shape index (κ2) is 7.96. The molecule has 1 saturated heterocycles. The monoisotopic (exact) mass is 233 g/mol. The van der Waals surface area contributed by atoms with Crippen molar-refractivity contribution < 1.29 is 14.6 Å². The Morgan fingerprint density at radius 2 is 2.40 bits per heavy atom. The van der Waals surface area contributed by atoms with Crippen LogP contribution in [0, 0.1) is 5.92 Å². The van der Waals surface area contributed by atoms with Crippen molar-refractivity contribution in [2.45, 2.75) is 12.8 Å². The zero-order chi connectivity index (χ0) is 10.9. The Morgan fingerprint density at radius 1 is 1.53 bits per heavy atom. The van der Waals surface area contributed by atoms with Crippen molar-refractivity contribution in [3.8, 4) is 0 Å². The van der Waals surface area contributed by atoms with E-state index in [4.69, 9.17) is 9.84 Å². The van der Waals surface area contributed by atoms with E-state index in [1.54, 1.807) is 11.8 Å². The van der Waals surface area contributed by atoms with Crippen LogP contribution in [-0.2, 0) is 9.53 Å². The fourth-order valence-corrected chi connectivity index (χ4v) is 2.18. The van der Waals surface area contributed by atoms with E-state index in [2.05, 4.69) is 5.32 Å². The van der Waals surface area contributed by atoms with Crippen molar-refractivity contribution >= 4 is 17.7 Å². The minimum atomic E-state index is 0.0624. The third-order valence-corrected chi connectivity index (χ3v) is 3.36. The molecular weight excluding hydrogens is 214 g/mol. The summed E-state index contributed by atoms with van der Waals surface area (Å²) in [5.41, 5.74) is 0. The van der Waals surface area contributed by atoms with Gasteiger partial charge in [-0.2, -0.15) is 11.8 Å². The van der Waals surface area contributed by atoms with Crippen LogP contribution < -0.4 is 5.32 Å². The number of carbonyl (C=O) groups is 1. The van der Waals surface area contributed by atoms with Crippen molar-refractivity contribution in [2.75, 3.05) is 37.9 Å². The zero-order valence-corrected chi connectivity index (χ0v) is 9.72. The summed E-state index contributed by atoms with van der Waals surface area (Å²) < 4.78 is 5.14. The lowest BCUT2D eigenvalue weighted by Crippen LogP contribution is -2.32. The second-order valence-corrected chi connectivity index (χ2v) is 4.77. The van der Waals surface area contributed by atoms with Gasteiger partial charge in [-0.15, -0.1) is 0 Å². The van der Waals surface area contributed by atoms with Crippen molar-refractivity contribution in [3.05, 3.63) is 0 Å². The molecule has 88 valence electrons. The molecule has 1 rings (SSSR count). The average molecular weight is 233 g/mol. The van der Waals surface area contributed by atoms with E-state index in [9.17, 15) is 4.79 Å². The molecule has 15 heavy (non-hydrogen) atoms. The van der Waals surface area contributed by atoms with Crippen LogP contribution in [0.15, 0.2) is 0 Å². The van der Waals surface area contributed by atoms with E-state index >= 15 is 0 Å². The Balaban J connectivity index is 1.92. The lowest BCUT2D eigenvalue weighted by atomic mass is 10.1. The maximum Gasteiger partial charge on any atom is 0.225 e. The molecule has 0 saturated carbocycles. The van der Waals surface area contributed by atoms with E-state index in [1.165, 1.54) is 0 Å². The molecule has 1 aliphatic heterocycles. The number of nitrogens with one attached hydrogen (secondary N) is 1. The molecular formula is C10H19NO3S. The van der Waals surface area contributed by atoms with Gasteiger partial charge in [-0.3, -0.25) is 4.79 Å². The third-order valence-electron chi connectivity index (χ3n) is 2.29. The predicted molar refractivity (Wildman–Crippen MR) is 61.0 cm³/mol. The summed E-state index contributed by atoms with van der Waals surface area (Å²) >= 11 is 1.76. The van der Waals surface area contributed by atoms with Crippen LogP contribution in [-0.4, -0.2) is 48.9 Å². The number of aliphatic hydroxyl groups excluding tert-OH is 1. The molecule has 1 unspecified atom stereocenters. The molecule has 0 aromatic carbocycles. The molecule has 0 aromatic rings. The fourth-order valence-electron chi connectivity index (χ4n) is 1.40. The summed E-state index contributed by atoms with van der Waals surface area (Å²) in [4.78, 5) is 11.5. The number of ether oxygens (including phenoxy) is 1. The van der Waals surface area contributed by atoms with E-state index in [-0.39, 0.29) is 18.4 Å². The Kier molecular flexibility index (Phi) is 6.80. The number of rotatable bonds is 7. The smallest absolute Gasteiger partial charge is 0.225 e. The molecule has 2 N–H and O–H groups in total. The molecule has 1 heterocycles. The molecule has 1 amide bonds. The minimum Gasteiger partial charge on any atom is -0.396 e. The van der Waals surface area contributed by atoms with Crippen LogP contribution in [0.4, 0.5) is 0 Å². The van der Waals surface area contributed by atoms with Gasteiger partial charge in [0.15, 0.2) is 0 Å². The highest BCUT2D eigenvalue weighted by Gasteiger charge is 2.22. The highest BCUT2D eigenvalue weighted by Crippen LogP contribution is 2.11. The molecule has 1 aliphatic rings. The largest absolute Gasteiger partial charge is 0.396 e. The number of carbonyl (C=O) groups excluding carboxylic acids is 1. The lowest BCUT2D eigenvalue weighted by molar-refractivity contribution is -0.124. The van der Waals surface area contributed by atoms with Crippen molar-refractivity contribution in [2.24, 2.45) is 5.92 Å². The molecule has 1 atom stereocenters. The van der Waals surface area contributed by atoms with E-state index in [0.29, 0.717) is 19.8 Å². The summed E-state index contributed by atoms with van der Waals surface area (Å²) in [7, 11) is 0. The Bertz CT molecular complexity index is 184. The summed E-state index contributed by atoms with van der Waals surface area (Å²) in [5, 5.41) is 11.5. The first-order valence-corrected chi connectivity index (χ1v) is 6.54. The van der Waals surface area contributed by atoms with Gasteiger partial charge in [0.2, 0.25) is 5.91 Å². The van der Waals surface area contributed by atoms with E-state index in [1.807, 2.05) is 0 Å². The highest BCUT2D eigenvalue weighted by molar-refractivity contribution is 7.99. The average Bonchev–Trinajstić information content (AvgIpc) is 2.76. The molecule has 1 fully saturated rings. The number of aliphatic hydroxyl groups is 1. The van der Waals surface area contributed by atoms with Gasteiger partial charge in [-0.25, -0.2) is 0 Å². The quantitative estimate of drug-likeness (QED) is 0.619. The van der Waals surface area contributed by atoms with Gasteiger partial charge in [0.25, 0.3) is 0 Å². The van der Waals surface area contributed by atoms with Gasteiger partial charge in [-0.1, -0.05) is 0 Å². The maximum atomic E-state index is 11.5. The van der Waals surface area contributed by atoms with Gasteiger partial charge < -0.3 is 15.2 Å². The number of amides is 1. The summed E-state index contributed by atoms with van der Waals surface area (Å²) in [6.07, 6.45) is 1.68. The van der Waals surface area contributed by atoms with Crippen LogP contribution in [0.25, 0.3) is 0 Å². The normalized spacial score (nSPS) is 20.5. The Morgan fingerprint density at radius 3 is 3.07 bits per heavy atom. The first-order chi connectivity index (χ1) is 7.34. The first-order valence-electron chi connectivity index (χ1n) is 5.38. The van der Waals surface area contributed by atoms with Gasteiger partial charge >= 0.3 is 0 Å². The van der Waals surface area contributed by atoms with Crippen molar-refractivity contribution in [1.82, 2.24) is 5.32 Å². The summed E-state index contributed by atoms with van der Waals surface area (Å²) in [6, 6.07) is 0. The van der Waals surface area contributed by atoms with Crippen molar-refractivity contribution in [3.63, 3.8) is 0 Å². The molecule has 0 radical (unpaired) electrons. The van der Waals surface area contributed by atoms with Gasteiger partial charge in [0.05, 0.1) is 12.5 Å². The molecule has 5 heteroatoms. The second-order valence-electron chi connectivity index (χ2n) is 3.54. The highest BCUT2D eigenvalue weighted by atomic mass is 32.2. The Labute approximate surface area is 94.8 Å². The summed E-state index contributed by atoms with van der Waals surface area (Å²) in [5.74, 6) is 2.06. The number of hydrogen-bond donors (Lipinski definition) is 2. The maximum absolute atomic E-state index is 11.5. The van der Waals surface area contributed by atoms with Crippen LogP contribution in [0.5, 0.6) is 0 Å². The van der Waals surface area contributed by atoms with Crippen molar-refractivity contribution in [1.29, 1.82) is 0 Å². The fraction of sp³-hybridized carbons (Fsp3) is 0.900. The SMILES string of the molecule is O=C(NCCSCCCO)C1CCOC1. The van der Waals surface area contributed by atoms with Gasteiger partial charge in [-0.05, 0) is 18.6 Å². The van der Waals surface area contributed by atoms with Crippen LogP contribution >= 0.6 is 11.8 Å². The van der Waals surface area contributed by atoms with Gasteiger partial charge in [0.1, 0.15) is 0 Å². The molecule has 0 aromatic heterocycles. The minimum absolute atomic E-state index is 0.0624. The van der Waals surface area contributed by atoms with Crippen LogP contribution in [0.1, 0.15) is 12.8 Å². The van der Waals surface area contributed by atoms with Gasteiger partial charge in [0, 0.05) is 25.5 Å². The zero-order valence-electron chi connectivity index (χ0n) is 8.91. The number of hydrogen-bond acceptors (Lipinski definition) is 4. The van der Waals surface area contributed by atoms with Crippen LogP contribution in [0.3, 0.4) is 0 Å². The van der Waals surface area contributed by atoms with E-state index < -0.39 is 0 Å². The number of thioether (sulfide) groups is 1.